The predicted molar refractivity (Wildman–Crippen MR) is 84.5 cm³/mol. The molecule has 128 valence electrons. The number of rotatable bonds is 6. The van der Waals surface area contributed by atoms with E-state index < -0.39 is 11.9 Å². The van der Waals surface area contributed by atoms with E-state index in [1.165, 1.54) is 13.4 Å². The SMILES string of the molecule is COC(=O)c1c(C)[nH]c(C(=O)NCC(=O)NCc2ccco2)c1C. The Bertz CT molecular complexity index is 746. The second kappa shape index (κ2) is 7.49. The number of carbonyl (C=O) groups excluding carboxylic acids is 3. The molecule has 0 bridgehead atoms. The Morgan fingerprint density at radius 2 is 2.00 bits per heavy atom. The van der Waals surface area contributed by atoms with Gasteiger partial charge < -0.3 is 24.8 Å². The number of furan rings is 1. The van der Waals surface area contributed by atoms with E-state index in [4.69, 9.17) is 9.15 Å². The van der Waals surface area contributed by atoms with Crippen LogP contribution in [0.3, 0.4) is 0 Å². The first-order valence-electron chi connectivity index (χ1n) is 7.28. The molecule has 0 spiro atoms. The monoisotopic (exact) mass is 333 g/mol. The maximum Gasteiger partial charge on any atom is 0.339 e. The zero-order chi connectivity index (χ0) is 17.7. The number of aromatic amines is 1. The summed E-state index contributed by atoms with van der Waals surface area (Å²) in [5, 5.41) is 5.12. The number of nitrogens with one attached hydrogen (secondary N) is 3. The van der Waals surface area contributed by atoms with Gasteiger partial charge in [-0.25, -0.2) is 4.79 Å². The molecular weight excluding hydrogens is 314 g/mol. The molecule has 2 aromatic rings. The van der Waals surface area contributed by atoms with E-state index >= 15 is 0 Å². The van der Waals surface area contributed by atoms with Gasteiger partial charge in [-0.2, -0.15) is 0 Å². The molecule has 0 radical (unpaired) electrons. The van der Waals surface area contributed by atoms with Gasteiger partial charge in [0.25, 0.3) is 5.91 Å². The van der Waals surface area contributed by atoms with E-state index in [-0.39, 0.29) is 24.7 Å². The molecule has 0 atom stereocenters. The molecular formula is C16H19N3O5. The molecule has 0 unspecified atom stereocenters. The first-order chi connectivity index (χ1) is 11.4. The highest BCUT2D eigenvalue weighted by Gasteiger charge is 2.22. The maximum absolute atomic E-state index is 12.2. The van der Waals surface area contributed by atoms with Crippen molar-refractivity contribution in [2.75, 3.05) is 13.7 Å². The number of carbonyl (C=O) groups is 3. The minimum absolute atomic E-state index is 0.190. The van der Waals surface area contributed by atoms with Crippen molar-refractivity contribution in [3.63, 3.8) is 0 Å². The molecule has 0 fully saturated rings. The summed E-state index contributed by atoms with van der Waals surface area (Å²) in [5.74, 6) is -0.725. The van der Waals surface area contributed by atoms with Gasteiger partial charge in [-0.15, -0.1) is 0 Å². The molecule has 0 aliphatic rings. The Hall–Kier alpha value is -3.03. The number of H-pyrrole nitrogens is 1. The van der Waals surface area contributed by atoms with Gasteiger partial charge >= 0.3 is 5.97 Å². The number of methoxy groups -OCH3 is 1. The molecule has 2 amide bonds. The van der Waals surface area contributed by atoms with Crippen LogP contribution in [-0.4, -0.2) is 36.4 Å². The maximum atomic E-state index is 12.2. The second-order valence-electron chi connectivity index (χ2n) is 5.16. The van der Waals surface area contributed by atoms with Crippen LogP contribution in [-0.2, 0) is 16.1 Å². The molecule has 0 saturated heterocycles. The molecule has 24 heavy (non-hydrogen) atoms. The normalized spacial score (nSPS) is 10.3. The summed E-state index contributed by atoms with van der Waals surface area (Å²) in [4.78, 5) is 38.5. The Morgan fingerprint density at radius 3 is 2.62 bits per heavy atom. The van der Waals surface area contributed by atoms with Gasteiger partial charge in [0.1, 0.15) is 11.5 Å². The predicted octanol–water partition coefficient (Wildman–Crippen LogP) is 1.06. The van der Waals surface area contributed by atoms with E-state index in [1.54, 1.807) is 26.0 Å². The second-order valence-corrected chi connectivity index (χ2v) is 5.16. The van der Waals surface area contributed by atoms with Crippen LogP contribution in [0.1, 0.15) is 37.9 Å². The zero-order valence-electron chi connectivity index (χ0n) is 13.7. The Morgan fingerprint density at radius 1 is 1.25 bits per heavy atom. The molecule has 8 nitrogen and oxygen atoms in total. The number of hydrogen-bond donors (Lipinski definition) is 3. The lowest BCUT2D eigenvalue weighted by Gasteiger charge is -2.06. The van der Waals surface area contributed by atoms with Crippen molar-refractivity contribution in [1.82, 2.24) is 15.6 Å². The number of aromatic nitrogens is 1. The van der Waals surface area contributed by atoms with Crippen molar-refractivity contribution >= 4 is 17.8 Å². The van der Waals surface area contributed by atoms with Gasteiger partial charge in [0, 0.05) is 5.69 Å². The van der Waals surface area contributed by atoms with Crippen molar-refractivity contribution in [3.8, 4) is 0 Å². The van der Waals surface area contributed by atoms with Crippen LogP contribution in [0.15, 0.2) is 22.8 Å². The summed E-state index contributed by atoms with van der Waals surface area (Å²) in [6.07, 6.45) is 1.51. The summed E-state index contributed by atoms with van der Waals surface area (Å²) < 4.78 is 9.79. The number of esters is 1. The smallest absolute Gasteiger partial charge is 0.339 e. The highest BCUT2D eigenvalue weighted by Crippen LogP contribution is 2.18. The van der Waals surface area contributed by atoms with E-state index in [0.29, 0.717) is 22.6 Å². The van der Waals surface area contributed by atoms with Gasteiger partial charge in [-0.1, -0.05) is 0 Å². The van der Waals surface area contributed by atoms with E-state index in [0.717, 1.165) is 0 Å². The first-order valence-corrected chi connectivity index (χ1v) is 7.28. The van der Waals surface area contributed by atoms with Gasteiger partial charge in [0.2, 0.25) is 5.91 Å². The summed E-state index contributed by atoms with van der Waals surface area (Å²) in [6, 6.07) is 3.46. The van der Waals surface area contributed by atoms with Crippen molar-refractivity contribution in [3.05, 3.63) is 46.7 Å². The third-order valence-electron chi connectivity index (χ3n) is 3.50. The highest BCUT2D eigenvalue weighted by molar-refractivity contribution is 6.01. The molecule has 2 aromatic heterocycles. The lowest BCUT2D eigenvalue weighted by molar-refractivity contribution is -0.120. The fourth-order valence-electron chi connectivity index (χ4n) is 2.30. The molecule has 3 N–H and O–H groups in total. The number of ether oxygens (including phenoxy) is 1. The third kappa shape index (κ3) is 3.83. The summed E-state index contributed by atoms with van der Waals surface area (Å²) in [7, 11) is 1.28. The van der Waals surface area contributed by atoms with Crippen molar-refractivity contribution in [2.24, 2.45) is 0 Å². The zero-order valence-corrected chi connectivity index (χ0v) is 13.7. The summed E-state index contributed by atoms with van der Waals surface area (Å²) in [6.45, 7) is 3.37. The van der Waals surface area contributed by atoms with Crippen molar-refractivity contribution < 1.29 is 23.5 Å². The lowest BCUT2D eigenvalue weighted by atomic mass is 10.1. The fourth-order valence-corrected chi connectivity index (χ4v) is 2.30. The Kier molecular flexibility index (Phi) is 5.41. The highest BCUT2D eigenvalue weighted by atomic mass is 16.5. The van der Waals surface area contributed by atoms with Crippen LogP contribution in [0.4, 0.5) is 0 Å². The Labute approximate surface area is 138 Å². The van der Waals surface area contributed by atoms with E-state index in [2.05, 4.69) is 15.6 Å². The summed E-state index contributed by atoms with van der Waals surface area (Å²) >= 11 is 0. The van der Waals surface area contributed by atoms with E-state index in [1.807, 2.05) is 0 Å². The van der Waals surface area contributed by atoms with Crippen LogP contribution >= 0.6 is 0 Å². The molecule has 0 saturated carbocycles. The lowest BCUT2D eigenvalue weighted by Crippen LogP contribution is -2.36. The van der Waals surface area contributed by atoms with Gasteiger partial charge in [-0.05, 0) is 31.5 Å². The fraction of sp³-hybridized carbons (Fsp3) is 0.312. The largest absolute Gasteiger partial charge is 0.467 e. The molecule has 0 aliphatic carbocycles. The third-order valence-corrected chi connectivity index (χ3v) is 3.50. The Balaban J connectivity index is 1.93. The van der Waals surface area contributed by atoms with Gasteiger partial charge in [0.15, 0.2) is 0 Å². The van der Waals surface area contributed by atoms with E-state index in [9.17, 15) is 14.4 Å². The molecule has 0 aromatic carbocycles. The van der Waals surface area contributed by atoms with Crippen molar-refractivity contribution in [2.45, 2.75) is 20.4 Å². The average Bonchev–Trinajstić information content (AvgIpc) is 3.18. The summed E-state index contributed by atoms with van der Waals surface area (Å²) in [5.41, 5.74) is 1.57. The average molecular weight is 333 g/mol. The molecule has 2 rings (SSSR count). The van der Waals surface area contributed by atoms with Crippen LogP contribution in [0.5, 0.6) is 0 Å². The molecule has 2 heterocycles. The standard InChI is InChI=1S/C16H19N3O5/c1-9-13(16(22)23-3)10(2)19-14(9)15(21)18-8-12(20)17-7-11-5-4-6-24-11/h4-6,19H,7-8H2,1-3H3,(H,17,20)(H,18,21). The van der Waals surface area contributed by atoms with Crippen LogP contribution in [0.2, 0.25) is 0 Å². The minimum Gasteiger partial charge on any atom is -0.467 e. The molecule has 0 aliphatic heterocycles. The number of amides is 2. The topological polar surface area (TPSA) is 113 Å². The van der Waals surface area contributed by atoms with Gasteiger partial charge in [-0.3, -0.25) is 9.59 Å². The number of hydrogen-bond acceptors (Lipinski definition) is 5. The first kappa shape index (κ1) is 17.3. The van der Waals surface area contributed by atoms with Crippen LogP contribution < -0.4 is 10.6 Å². The van der Waals surface area contributed by atoms with Gasteiger partial charge in [0.05, 0.1) is 32.0 Å². The molecule has 8 heteroatoms. The van der Waals surface area contributed by atoms with Crippen molar-refractivity contribution in [1.29, 1.82) is 0 Å². The minimum atomic E-state index is -0.517. The quantitative estimate of drug-likeness (QED) is 0.684. The van der Waals surface area contributed by atoms with Crippen LogP contribution in [0, 0.1) is 13.8 Å². The van der Waals surface area contributed by atoms with Crippen LogP contribution in [0.25, 0.3) is 0 Å². The number of aryl methyl sites for hydroxylation is 1.